The van der Waals surface area contributed by atoms with Gasteiger partial charge < -0.3 is 10.2 Å². The van der Waals surface area contributed by atoms with Crippen molar-refractivity contribution >= 4 is 34.1 Å². The zero-order valence-corrected chi connectivity index (χ0v) is 16.3. The number of benzene rings is 2. The lowest BCUT2D eigenvalue weighted by Gasteiger charge is -2.21. The van der Waals surface area contributed by atoms with Crippen LogP contribution in [-0.2, 0) is 0 Å². The normalized spacial score (nSPS) is 10.7. The SMILES string of the molecule is CCN(C(=O)c1ccnc(Nc2cccc3cccnc23)n1)c1cccc(C)c1. The molecule has 0 aliphatic carbocycles. The highest BCUT2D eigenvalue weighted by atomic mass is 16.2. The number of aryl methyl sites for hydroxylation is 1. The van der Waals surface area contributed by atoms with Crippen LogP contribution in [0.5, 0.6) is 0 Å². The van der Waals surface area contributed by atoms with Crippen molar-refractivity contribution in [3.05, 3.63) is 84.3 Å². The maximum absolute atomic E-state index is 13.1. The molecule has 6 nitrogen and oxygen atoms in total. The summed E-state index contributed by atoms with van der Waals surface area (Å²) in [7, 11) is 0. The molecule has 1 N–H and O–H groups in total. The van der Waals surface area contributed by atoms with Crippen molar-refractivity contribution in [2.24, 2.45) is 0 Å². The molecular weight excluding hydrogens is 362 g/mol. The first-order valence-corrected chi connectivity index (χ1v) is 9.48. The van der Waals surface area contributed by atoms with Gasteiger partial charge in [-0.3, -0.25) is 9.78 Å². The molecule has 29 heavy (non-hydrogen) atoms. The second-order valence-corrected chi connectivity index (χ2v) is 6.66. The number of amides is 1. The highest BCUT2D eigenvalue weighted by molar-refractivity contribution is 6.05. The first-order valence-electron chi connectivity index (χ1n) is 9.48. The molecule has 0 fully saturated rings. The fraction of sp³-hybridized carbons (Fsp3) is 0.130. The minimum Gasteiger partial charge on any atom is -0.322 e. The van der Waals surface area contributed by atoms with Gasteiger partial charge in [0.05, 0.1) is 11.2 Å². The van der Waals surface area contributed by atoms with Gasteiger partial charge in [-0.25, -0.2) is 9.97 Å². The van der Waals surface area contributed by atoms with Gasteiger partial charge in [0.2, 0.25) is 5.95 Å². The Kier molecular flexibility index (Phi) is 5.16. The van der Waals surface area contributed by atoms with Crippen LogP contribution in [0.15, 0.2) is 73.1 Å². The summed E-state index contributed by atoms with van der Waals surface area (Å²) in [6.45, 7) is 4.50. The molecule has 0 aliphatic rings. The predicted molar refractivity (Wildman–Crippen MR) is 116 cm³/mol. The predicted octanol–water partition coefficient (Wildman–Crippen LogP) is 4.74. The van der Waals surface area contributed by atoms with E-state index in [4.69, 9.17) is 0 Å². The molecule has 0 spiro atoms. The molecule has 2 aromatic carbocycles. The third-order valence-corrected chi connectivity index (χ3v) is 4.63. The number of hydrogen-bond acceptors (Lipinski definition) is 5. The van der Waals surface area contributed by atoms with Gasteiger partial charge in [0, 0.05) is 30.0 Å². The van der Waals surface area contributed by atoms with E-state index in [1.807, 2.05) is 68.4 Å². The molecule has 0 saturated carbocycles. The van der Waals surface area contributed by atoms with Crippen LogP contribution in [0.2, 0.25) is 0 Å². The van der Waals surface area contributed by atoms with Crippen LogP contribution in [0.4, 0.5) is 17.3 Å². The highest BCUT2D eigenvalue weighted by Gasteiger charge is 2.18. The fourth-order valence-corrected chi connectivity index (χ4v) is 3.24. The van der Waals surface area contributed by atoms with Crippen molar-refractivity contribution in [2.75, 3.05) is 16.8 Å². The summed E-state index contributed by atoms with van der Waals surface area (Å²) in [6, 6.07) is 19.2. The van der Waals surface area contributed by atoms with Crippen LogP contribution in [0.25, 0.3) is 10.9 Å². The van der Waals surface area contributed by atoms with E-state index in [1.165, 1.54) is 0 Å². The Labute approximate surface area is 169 Å². The number of nitrogens with zero attached hydrogens (tertiary/aromatic N) is 4. The Balaban J connectivity index is 1.63. The number of hydrogen-bond donors (Lipinski definition) is 1. The molecule has 4 aromatic rings. The summed E-state index contributed by atoms with van der Waals surface area (Å²) in [4.78, 5) is 28.0. The van der Waals surface area contributed by atoms with E-state index in [-0.39, 0.29) is 5.91 Å². The Bertz CT molecular complexity index is 1170. The zero-order chi connectivity index (χ0) is 20.2. The monoisotopic (exact) mass is 383 g/mol. The molecule has 4 rings (SSSR count). The maximum atomic E-state index is 13.1. The summed E-state index contributed by atoms with van der Waals surface area (Å²) in [5.41, 5.74) is 3.90. The van der Waals surface area contributed by atoms with Crippen LogP contribution < -0.4 is 10.2 Å². The van der Waals surface area contributed by atoms with E-state index < -0.39 is 0 Å². The number of aromatic nitrogens is 3. The molecule has 2 aromatic heterocycles. The number of anilines is 3. The summed E-state index contributed by atoms with van der Waals surface area (Å²) in [5.74, 6) is 0.189. The minimum absolute atomic E-state index is 0.167. The minimum atomic E-state index is -0.167. The third-order valence-electron chi connectivity index (χ3n) is 4.63. The van der Waals surface area contributed by atoms with E-state index in [1.54, 1.807) is 23.4 Å². The van der Waals surface area contributed by atoms with Crippen LogP contribution >= 0.6 is 0 Å². The largest absolute Gasteiger partial charge is 0.322 e. The molecule has 0 atom stereocenters. The molecule has 144 valence electrons. The molecule has 1 amide bonds. The molecule has 0 radical (unpaired) electrons. The van der Waals surface area contributed by atoms with Gasteiger partial charge >= 0.3 is 0 Å². The Hall–Kier alpha value is -3.80. The number of rotatable bonds is 5. The van der Waals surface area contributed by atoms with Gasteiger partial charge in [-0.1, -0.05) is 30.3 Å². The van der Waals surface area contributed by atoms with E-state index in [9.17, 15) is 4.79 Å². The topological polar surface area (TPSA) is 71.0 Å². The van der Waals surface area contributed by atoms with Crippen LogP contribution in [-0.4, -0.2) is 27.4 Å². The lowest BCUT2D eigenvalue weighted by Crippen LogP contribution is -2.31. The molecule has 6 heteroatoms. The third kappa shape index (κ3) is 3.91. The van der Waals surface area contributed by atoms with Gasteiger partial charge in [0.1, 0.15) is 5.69 Å². The molecule has 2 heterocycles. The number of pyridine rings is 1. The van der Waals surface area contributed by atoms with Crippen molar-refractivity contribution in [2.45, 2.75) is 13.8 Å². The van der Waals surface area contributed by atoms with Crippen LogP contribution in [0.3, 0.4) is 0 Å². The fourth-order valence-electron chi connectivity index (χ4n) is 3.24. The number of carbonyl (C=O) groups excluding carboxylic acids is 1. The van der Waals surface area contributed by atoms with Crippen molar-refractivity contribution in [3.8, 4) is 0 Å². The zero-order valence-electron chi connectivity index (χ0n) is 16.3. The van der Waals surface area contributed by atoms with Crippen molar-refractivity contribution in [1.29, 1.82) is 0 Å². The Morgan fingerprint density at radius 3 is 2.66 bits per heavy atom. The van der Waals surface area contributed by atoms with Gasteiger partial charge in [-0.2, -0.15) is 0 Å². The lowest BCUT2D eigenvalue weighted by atomic mass is 10.2. The van der Waals surface area contributed by atoms with Gasteiger partial charge in [-0.15, -0.1) is 0 Å². The average molecular weight is 383 g/mol. The standard InChI is InChI=1S/C23H21N5O/c1-3-28(18-10-4-7-16(2)15-18)22(29)20-12-14-25-23(27-20)26-19-11-5-8-17-9-6-13-24-21(17)19/h4-15H,3H2,1-2H3,(H,25,26,27). The smallest absolute Gasteiger partial charge is 0.277 e. The second kappa shape index (κ2) is 8.06. The molecule has 0 saturated heterocycles. The molecular formula is C23H21N5O. The van der Waals surface area contributed by atoms with E-state index in [0.717, 1.165) is 27.8 Å². The molecule has 0 bridgehead atoms. The highest BCUT2D eigenvalue weighted by Crippen LogP contribution is 2.23. The van der Waals surface area contributed by atoms with E-state index in [0.29, 0.717) is 18.2 Å². The number of carbonyl (C=O) groups is 1. The van der Waals surface area contributed by atoms with Crippen molar-refractivity contribution in [3.63, 3.8) is 0 Å². The summed E-state index contributed by atoms with van der Waals surface area (Å²) >= 11 is 0. The van der Waals surface area contributed by atoms with Gasteiger partial charge in [0.15, 0.2) is 0 Å². The summed E-state index contributed by atoms with van der Waals surface area (Å²) in [5, 5.41) is 4.21. The second-order valence-electron chi connectivity index (χ2n) is 6.66. The van der Waals surface area contributed by atoms with Crippen molar-refractivity contribution in [1.82, 2.24) is 15.0 Å². The number of fused-ring (bicyclic) bond motifs is 1. The Morgan fingerprint density at radius 1 is 1.00 bits per heavy atom. The number of para-hydroxylation sites is 1. The van der Waals surface area contributed by atoms with Gasteiger partial charge in [0.25, 0.3) is 5.91 Å². The number of nitrogens with one attached hydrogen (secondary N) is 1. The van der Waals surface area contributed by atoms with E-state index >= 15 is 0 Å². The molecule has 0 unspecified atom stereocenters. The Morgan fingerprint density at radius 2 is 1.83 bits per heavy atom. The summed E-state index contributed by atoms with van der Waals surface area (Å²) < 4.78 is 0. The van der Waals surface area contributed by atoms with Crippen LogP contribution in [0.1, 0.15) is 23.0 Å². The maximum Gasteiger partial charge on any atom is 0.277 e. The average Bonchev–Trinajstić information content (AvgIpc) is 2.75. The lowest BCUT2D eigenvalue weighted by molar-refractivity contribution is 0.0983. The molecule has 0 aliphatic heterocycles. The van der Waals surface area contributed by atoms with Gasteiger partial charge in [-0.05, 0) is 49.7 Å². The quantitative estimate of drug-likeness (QED) is 0.539. The summed E-state index contributed by atoms with van der Waals surface area (Å²) in [6.07, 6.45) is 3.33. The van der Waals surface area contributed by atoms with Crippen molar-refractivity contribution < 1.29 is 4.79 Å². The van der Waals surface area contributed by atoms with Crippen LogP contribution in [0, 0.1) is 6.92 Å². The first-order chi connectivity index (χ1) is 14.2. The first kappa shape index (κ1) is 18.6. The van der Waals surface area contributed by atoms with E-state index in [2.05, 4.69) is 20.3 Å².